The van der Waals surface area contributed by atoms with Gasteiger partial charge in [-0.1, -0.05) is 26.0 Å². The van der Waals surface area contributed by atoms with E-state index in [1.54, 1.807) is 23.7 Å². The zero-order chi connectivity index (χ0) is 25.4. The summed E-state index contributed by atoms with van der Waals surface area (Å²) in [5.74, 6) is 0.230. The topological polar surface area (TPSA) is 89.0 Å². The van der Waals surface area contributed by atoms with Gasteiger partial charge in [0.1, 0.15) is 23.4 Å². The van der Waals surface area contributed by atoms with Crippen molar-refractivity contribution in [3.05, 3.63) is 76.3 Å². The predicted molar refractivity (Wildman–Crippen MR) is 139 cm³/mol. The van der Waals surface area contributed by atoms with Crippen LogP contribution in [0.4, 0.5) is 5.13 Å². The summed E-state index contributed by atoms with van der Waals surface area (Å²) < 4.78 is 11.7. The fourth-order valence-corrected chi connectivity index (χ4v) is 5.26. The number of hydrogen-bond acceptors (Lipinski definition) is 7. The third-order valence-electron chi connectivity index (χ3n) is 6.38. The van der Waals surface area contributed by atoms with Gasteiger partial charge >= 0.3 is 5.91 Å². The Balaban J connectivity index is 1.59. The van der Waals surface area contributed by atoms with Gasteiger partial charge in [0.25, 0.3) is 5.78 Å². The van der Waals surface area contributed by atoms with Crippen LogP contribution in [0, 0.1) is 5.92 Å². The Morgan fingerprint density at radius 3 is 2.83 bits per heavy atom. The molecule has 3 heterocycles. The van der Waals surface area contributed by atoms with Crippen LogP contribution < -0.4 is 14.4 Å². The first-order valence-corrected chi connectivity index (χ1v) is 12.9. The number of carbonyl (C=O) groups excluding carboxylic acids is 2. The van der Waals surface area contributed by atoms with Crippen molar-refractivity contribution in [3.63, 3.8) is 0 Å². The molecule has 1 N–H and O–H groups in total. The molecule has 7 nitrogen and oxygen atoms in total. The van der Waals surface area contributed by atoms with E-state index in [0.29, 0.717) is 41.0 Å². The minimum atomic E-state index is -0.840. The summed E-state index contributed by atoms with van der Waals surface area (Å²) in [4.78, 5) is 32.2. The predicted octanol–water partition coefficient (Wildman–Crippen LogP) is 5.52. The quantitative estimate of drug-likeness (QED) is 0.259. The highest BCUT2D eigenvalue weighted by atomic mass is 32.1. The van der Waals surface area contributed by atoms with Crippen molar-refractivity contribution in [2.24, 2.45) is 5.92 Å². The van der Waals surface area contributed by atoms with Gasteiger partial charge in [0.05, 0.1) is 18.2 Å². The van der Waals surface area contributed by atoms with Crippen LogP contribution in [-0.2, 0) is 16.0 Å². The highest BCUT2D eigenvalue weighted by Gasteiger charge is 2.48. The van der Waals surface area contributed by atoms with Gasteiger partial charge in [0, 0.05) is 23.6 Å². The third-order valence-corrected chi connectivity index (χ3v) is 7.15. The molecule has 2 atom stereocenters. The molecule has 1 fully saturated rings. The van der Waals surface area contributed by atoms with Gasteiger partial charge in [-0.2, -0.15) is 0 Å². The molecule has 186 valence electrons. The van der Waals surface area contributed by atoms with Crippen molar-refractivity contribution < 1.29 is 24.2 Å². The summed E-state index contributed by atoms with van der Waals surface area (Å²) in [6.07, 6.45) is 3.25. The Hall–Kier alpha value is -3.65. The Morgan fingerprint density at radius 1 is 1.25 bits per heavy atom. The first kappa shape index (κ1) is 24.1. The number of anilines is 1. The van der Waals surface area contributed by atoms with E-state index >= 15 is 0 Å². The molecule has 2 aromatic carbocycles. The largest absolute Gasteiger partial charge is 0.507 e. The maximum absolute atomic E-state index is 13.3. The van der Waals surface area contributed by atoms with Crippen molar-refractivity contribution in [1.82, 2.24) is 4.98 Å². The minimum Gasteiger partial charge on any atom is -0.507 e. The van der Waals surface area contributed by atoms with E-state index in [0.717, 1.165) is 17.7 Å². The van der Waals surface area contributed by atoms with Gasteiger partial charge in [-0.3, -0.25) is 14.5 Å². The summed E-state index contributed by atoms with van der Waals surface area (Å²) in [5.41, 5.74) is 2.11. The van der Waals surface area contributed by atoms with Crippen molar-refractivity contribution >= 4 is 33.9 Å². The molecule has 1 saturated heterocycles. The fourth-order valence-electron chi connectivity index (χ4n) is 4.59. The monoisotopic (exact) mass is 504 g/mol. The standard InChI is InChI=1S/C28H28N2O5S/c1-16(2)9-11-34-21-6-4-5-18(15-21)24-23(26(32)27(33)30(24)28-29-10-12-36-28)25(31)19-7-8-22-20(14-19)13-17(3)35-22/h4-8,10,12,14-17,24,31H,9,11,13H2,1-3H3/t17-,24-/m0/s1. The molecule has 5 rings (SSSR count). The normalized spacial score (nSPS) is 20.6. The summed E-state index contributed by atoms with van der Waals surface area (Å²) in [5, 5.41) is 13.6. The van der Waals surface area contributed by atoms with Crippen molar-refractivity contribution in [2.45, 2.75) is 45.8 Å². The summed E-state index contributed by atoms with van der Waals surface area (Å²) in [7, 11) is 0. The second-order valence-corrected chi connectivity index (χ2v) is 10.4. The molecule has 0 bridgehead atoms. The second kappa shape index (κ2) is 9.78. The molecule has 0 aliphatic carbocycles. The second-order valence-electron chi connectivity index (χ2n) is 9.54. The van der Waals surface area contributed by atoms with Crippen LogP contribution in [0.15, 0.2) is 59.6 Å². The maximum atomic E-state index is 13.3. The molecular formula is C28H28N2O5S. The lowest BCUT2D eigenvalue weighted by Gasteiger charge is -2.23. The third kappa shape index (κ3) is 4.48. The Kier molecular flexibility index (Phi) is 6.53. The van der Waals surface area contributed by atoms with Gasteiger partial charge in [-0.25, -0.2) is 4.98 Å². The highest BCUT2D eigenvalue weighted by Crippen LogP contribution is 2.44. The lowest BCUT2D eigenvalue weighted by molar-refractivity contribution is -0.132. The molecular weight excluding hydrogens is 476 g/mol. The molecule has 2 aliphatic rings. The molecule has 0 spiro atoms. The van der Waals surface area contributed by atoms with Crippen LogP contribution in [0.3, 0.4) is 0 Å². The summed E-state index contributed by atoms with van der Waals surface area (Å²) in [6.45, 7) is 6.80. The van der Waals surface area contributed by atoms with Crippen molar-refractivity contribution in [2.75, 3.05) is 11.5 Å². The van der Waals surface area contributed by atoms with Crippen LogP contribution in [0.25, 0.3) is 5.76 Å². The molecule has 2 aliphatic heterocycles. The zero-order valence-corrected chi connectivity index (χ0v) is 21.2. The molecule has 0 unspecified atom stereocenters. The molecule has 8 heteroatoms. The number of aromatic nitrogens is 1. The van der Waals surface area contributed by atoms with E-state index in [1.165, 1.54) is 16.2 Å². The number of fused-ring (bicyclic) bond motifs is 1. The number of nitrogens with zero attached hydrogens (tertiary/aromatic N) is 2. The maximum Gasteiger partial charge on any atom is 0.301 e. The number of rotatable bonds is 7. The SMILES string of the molecule is CC(C)CCOc1cccc([C@H]2C(=C(O)c3ccc4c(c3)C[C@H](C)O4)C(=O)C(=O)N2c2nccs2)c1. The van der Waals surface area contributed by atoms with E-state index in [9.17, 15) is 14.7 Å². The van der Waals surface area contributed by atoms with E-state index < -0.39 is 17.7 Å². The average molecular weight is 505 g/mol. The molecule has 36 heavy (non-hydrogen) atoms. The van der Waals surface area contributed by atoms with Gasteiger partial charge in [-0.05, 0) is 60.7 Å². The van der Waals surface area contributed by atoms with Crippen LogP contribution >= 0.6 is 11.3 Å². The van der Waals surface area contributed by atoms with Crippen LogP contribution in [-0.4, -0.2) is 34.5 Å². The number of benzene rings is 2. The molecule has 0 radical (unpaired) electrons. The van der Waals surface area contributed by atoms with Crippen molar-refractivity contribution in [1.29, 1.82) is 0 Å². The van der Waals surface area contributed by atoms with Gasteiger partial charge in [0.2, 0.25) is 0 Å². The number of hydrogen-bond donors (Lipinski definition) is 1. The smallest absolute Gasteiger partial charge is 0.301 e. The lowest BCUT2D eigenvalue weighted by atomic mass is 9.94. The van der Waals surface area contributed by atoms with E-state index in [-0.39, 0.29) is 17.4 Å². The number of carbonyl (C=O) groups is 2. The lowest BCUT2D eigenvalue weighted by Crippen LogP contribution is -2.29. The first-order valence-electron chi connectivity index (χ1n) is 12.1. The Bertz CT molecular complexity index is 1330. The van der Waals surface area contributed by atoms with Gasteiger partial charge in [0.15, 0.2) is 5.13 Å². The minimum absolute atomic E-state index is 0.0291. The van der Waals surface area contributed by atoms with Gasteiger partial charge in [-0.15, -0.1) is 11.3 Å². The number of ether oxygens (including phenoxy) is 2. The van der Waals surface area contributed by atoms with Gasteiger partial charge < -0.3 is 14.6 Å². The van der Waals surface area contributed by atoms with E-state index in [2.05, 4.69) is 18.8 Å². The van der Waals surface area contributed by atoms with E-state index in [4.69, 9.17) is 9.47 Å². The number of ketones is 1. The summed E-state index contributed by atoms with van der Waals surface area (Å²) in [6, 6.07) is 11.8. The molecule has 3 aromatic rings. The number of aliphatic hydroxyl groups is 1. The summed E-state index contributed by atoms with van der Waals surface area (Å²) >= 11 is 1.26. The van der Waals surface area contributed by atoms with Crippen molar-refractivity contribution in [3.8, 4) is 11.5 Å². The molecule has 1 aromatic heterocycles. The first-order chi connectivity index (χ1) is 17.3. The fraction of sp³-hybridized carbons (Fsp3) is 0.321. The Morgan fingerprint density at radius 2 is 2.08 bits per heavy atom. The zero-order valence-electron chi connectivity index (χ0n) is 20.4. The van der Waals surface area contributed by atoms with E-state index in [1.807, 2.05) is 37.3 Å². The average Bonchev–Trinajstić information content (AvgIpc) is 3.56. The highest BCUT2D eigenvalue weighted by molar-refractivity contribution is 7.14. The Labute approximate surface area is 214 Å². The molecule has 1 amide bonds. The number of thiazole rings is 1. The van der Waals surface area contributed by atoms with Crippen LogP contribution in [0.2, 0.25) is 0 Å². The number of amides is 1. The van der Waals surface area contributed by atoms with Crippen LogP contribution in [0.1, 0.15) is 49.9 Å². The van der Waals surface area contributed by atoms with Crippen LogP contribution in [0.5, 0.6) is 11.5 Å². The number of Topliss-reactive ketones (excluding diaryl/α,β-unsaturated/α-hetero) is 1. The molecule has 0 saturated carbocycles. The number of aliphatic hydroxyl groups excluding tert-OH is 1.